The van der Waals surface area contributed by atoms with Crippen LogP contribution in [-0.4, -0.2) is 20.8 Å². The quantitative estimate of drug-likeness (QED) is 0.169. The average Bonchev–Trinajstić information content (AvgIpc) is 2.83. The van der Waals surface area contributed by atoms with Gasteiger partial charge in [-0.05, 0) is 42.0 Å². The van der Waals surface area contributed by atoms with Crippen LogP contribution in [0.4, 0.5) is 5.69 Å². The van der Waals surface area contributed by atoms with Crippen LogP contribution in [0.5, 0.6) is 5.75 Å². The van der Waals surface area contributed by atoms with Crippen LogP contribution < -0.4 is 10.3 Å². The van der Waals surface area contributed by atoms with E-state index in [1.807, 2.05) is 13.0 Å². The van der Waals surface area contributed by atoms with Gasteiger partial charge in [0.15, 0.2) is 0 Å². The van der Waals surface area contributed by atoms with Crippen molar-refractivity contribution >= 4 is 50.3 Å². The Kier molecular flexibility index (Phi) is 7.04. The lowest BCUT2D eigenvalue weighted by atomic mass is 10.2. The van der Waals surface area contributed by atoms with Crippen molar-refractivity contribution in [3.05, 3.63) is 108 Å². The van der Waals surface area contributed by atoms with Gasteiger partial charge in [-0.25, -0.2) is 4.98 Å². The molecule has 0 atom stereocenters. The van der Waals surface area contributed by atoms with Gasteiger partial charge in [-0.15, -0.1) is 0 Å². The zero-order chi connectivity index (χ0) is 24.2. The molecule has 0 N–H and O–H groups in total. The molecule has 0 aliphatic carbocycles. The number of ether oxygens (including phenoxy) is 1. The highest BCUT2D eigenvalue weighted by atomic mass is 79.9. The molecule has 172 valence electrons. The van der Waals surface area contributed by atoms with Gasteiger partial charge in [-0.1, -0.05) is 52.7 Å². The number of nitro benzene ring substituents is 1. The molecule has 1 aromatic heterocycles. The predicted molar refractivity (Wildman–Crippen MR) is 135 cm³/mol. The zero-order valence-electron chi connectivity index (χ0n) is 17.9. The summed E-state index contributed by atoms with van der Waals surface area (Å²) in [6, 6.07) is 16.8. The third-order valence-electron chi connectivity index (χ3n) is 5.02. The maximum atomic E-state index is 13.1. The average molecular weight is 542 g/mol. The first-order chi connectivity index (χ1) is 16.4. The summed E-state index contributed by atoms with van der Waals surface area (Å²) in [6.07, 6.45) is 1.84. The lowest BCUT2D eigenvalue weighted by molar-refractivity contribution is -0.385. The molecule has 0 aliphatic rings. The van der Waals surface area contributed by atoms with Crippen LogP contribution in [0.1, 0.15) is 23.9 Å². The van der Waals surface area contributed by atoms with Crippen LogP contribution in [0.3, 0.4) is 0 Å². The molecule has 34 heavy (non-hydrogen) atoms. The van der Waals surface area contributed by atoms with Gasteiger partial charge in [0.1, 0.15) is 12.4 Å². The molecule has 0 aliphatic heterocycles. The van der Waals surface area contributed by atoms with Crippen molar-refractivity contribution in [2.45, 2.75) is 20.0 Å². The predicted octanol–water partition coefficient (Wildman–Crippen LogP) is 5.74. The number of para-hydroxylation sites is 1. The fourth-order valence-electron chi connectivity index (χ4n) is 3.34. The summed E-state index contributed by atoms with van der Waals surface area (Å²) in [5.74, 6) is 0.513. The molecule has 4 rings (SSSR count). The summed E-state index contributed by atoms with van der Waals surface area (Å²) >= 11 is 9.29. The largest absolute Gasteiger partial charge is 0.481 e. The summed E-state index contributed by atoms with van der Waals surface area (Å²) < 4.78 is 7.78. The smallest absolute Gasteiger partial charge is 0.311 e. The van der Waals surface area contributed by atoms with Crippen LogP contribution in [0, 0.1) is 10.1 Å². The van der Waals surface area contributed by atoms with Crippen LogP contribution >= 0.6 is 27.5 Å². The Morgan fingerprint density at radius 2 is 1.97 bits per heavy atom. The number of fused-ring (bicyclic) bond motifs is 1. The van der Waals surface area contributed by atoms with E-state index in [0.29, 0.717) is 33.7 Å². The number of nitro groups is 1. The fourth-order valence-corrected chi connectivity index (χ4v) is 3.83. The van der Waals surface area contributed by atoms with Gasteiger partial charge in [0, 0.05) is 27.5 Å². The maximum absolute atomic E-state index is 13.1. The molecule has 8 nitrogen and oxygen atoms in total. The van der Waals surface area contributed by atoms with E-state index < -0.39 is 4.92 Å². The first kappa shape index (κ1) is 23.6. The molecule has 1 heterocycles. The topological polar surface area (TPSA) is 99.6 Å². The molecule has 0 spiro atoms. The van der Waals surface area contributed by atoms with Gasteiger partial charge in [0.2, 0.25) is 5.75 Å². The maximum Gasteiger partial charge on any atom is 0.311 e. The zero-order valence-corrected chi connectivity index (χ0v) is 20.3. The van der Waals surface area contributed by atoms with E-state index in [1.54, 1.807) is 42.5 Å². The number of nitrogens with zero attached hydrogens (tertiary/aromatic N) is 4. The number of hydrogen-bond donors (Lipinski definition) is 0. The second kappa shape index (κ2) is 10.1. The highest BCUT2D eigenvalue weighted by molar-refractivity contribution is 9.10. The summed E-state index contributed by atoms with van der Waals surface area (Å²) in [7, 11) is 0. The van der Waals surface area contributed by atoms with Crippen LogP contribution in [0.15, 0.2) is 75.0 Å². The number of benzene rings is 3. The third-order valence-corrected chi connectivity index (χ3v) is 5.77. The molecule has 4 aromatic rings. The number of aryl methyl sites for hydroxylation is 1. The number of aromatic nitrogens is 2. The Labute approximate surface area is 207 Å². The summed E-state index contributed by atoms with van der Waals surface area (Å²) in [5, 5.41) is 17.0. The number of halogens is 2. The highest BCUT2D eigenvalue weighted by Crippen LogP contribution is 2.31. The van der Waals surface area contributed by atoms with E-state index in [-0.39, 0.29) is 23.6 Å². The molecule has 3 aromatic carbocycles. The molecule has 0 fully saturated rings. The number of rotatable bonds is 7. The fraction of sp³-hybridized carbons (Fsp3) is 0.125. The first-order valence-electron chi connectivity index (χ1n) is 10.3. The lowest BCUT2D eigenvalue weighted by Crippen LogP contribution is -2.22. The number of hydrogen-bond acceptors (Lipinski definition) is 6. The summed E-state index contributed by atoms with van der Waals surface area (Å²) in [5.41, 5.74) is 1.17. The van der Waals surface area contributed by atoms with Gasteiger partial charge < -0.3 is 4.74 Å². The van der Waals surface area contributed by atoms with Crippen LogP contribution in [0.2, 0.25) is 5.02 Å². The minimum atomic E-state index is -0.521. The molecule has 0 bridgehead atoms. The molecule has 0 saturated carbocycles. The second-order valence-electron chi connectivity index (χ2n) is 7.27. The van der Waals surface area contributed by atoms with Gasteiger partial charge in [0.25, 0.3) is 5.56 Å². The van der Waals surface area contributed by atoms with Gasteiger partial charge in [-0.2, -0.15) is 9.78 Å². The van der Waals surface area contributed by atoms with E-state index in [1.165, 1.54) is 23.0 Å². The Bertz CT molecular complexity index is 1470. The van der Waals surface area contributed by atoms with Gasteiger partial charge >= 0.3 is 5.69 Å². The molecule has 0 unspecified atom stereocenters. The standard InChI is InChI=1S/C24H18BrClN4O4/c1-2-22-28-20-11-8-17(25)12-19(20)24(31)29(22)27-13-16-4-3-5-21(30(32)33)23(16)34-14-15-6-9-18(26)10-7-15/h3-13H,2,14H2,1H3. The molecular weight excluding hydrogens is 524 g/mol. The van der Waals surface area contributed by atoms with Crippen molar-refractivity contribution in [1.82, 2.24) is 9.66 Å². The molecule has 0 radical (unpaired) electrons. The Hall–Kier alpha value is -3.56. The van der Waals surface area contributed by atoms with E-state index in [4.69, 9.17) is 16.3 Å². The highest BCUT2D eigenvalue weighted by Gasteiger charge is 2.19. The lowest BCUT2D eigenvalue weighted by Gasteiger charge is -2.11. The van der Waals surface area contributed by atoms with Crippen molar-refractivity contribution < 1.29 is 9.66 Å². The van der Waals surface area contributed by atoms with Crippen molar-refractivity contribution in [3.8, 4) is 5.75 Å². The first-order valence-corrected chi connectivity index (χ1v) is 11.4. The SMILES string of the molecule is CCc1nc2ccc(Br)cc2c(=O)n1N=Cc1cccc([N+](=O)[O-])c1OCc1ccc(Cl)cc1. The monoisotopic (exact) mass is 540 g/mol. The van der Waals surface area contributed by atoms with Crippen molar-refractivity contribution in [3.63, 3.8) is 0 Å². The van der Waals surface area contributed by atoms with Crippen molar-refractivity contribution in [1.29, 1.82) is 0 Å². The van der Waals surface area contributed by atoms with Crippen LogP contribution in [-0.2, 0) is 13.0 Å². The Balaban J connectivity index is 1.76. The van der Waals surface area contributed by atoms with Gasteiger partial charge in [-0.3, -0.25) is 14.9 Å². The summed E-state index contributed by atoms with van der Waals surface area (Å²) in [4.78, 5) is 28.8. The minimum absolute atomic E-state index is 0.0498. The van der Waals surface area contributed by atoms with E-state index >= 15 is 0 Å². The molecular formula is C24H18BrClN4O4. The molecule has 0 saturated heterocycles. The van der Waals surface area contributed by atoms with Gasteiger partial charge in [0.05, 0.1) is 22.0 Å². The van der Waals surface area contributed by atoms with E-state index in [9.17, 15) is 14.9 Å². The minimum Gasteiger partial charge on any atom is -0.481 e. The van der Waals surface area contributed by atoms with E-state index in [2.05, 4.69) is 26.0 Å². The second-order valence-corrected chi connectivity index (χ2v) is 8.62. The van der Waals surface area contributed by atoms with Crippen molar-refractivity contribution in [2.24, 2.45) is 5.10 Å². The van der Waals surface area contributed by atoms with Crippen molar-refractivity contribution in [2.75, 3.05) is 0 Å². The van der Waals surface area contributed by atoms with Crippen LogP contribution in [0.25, 0.3) is 10.9 Å². The molecule has 0 amide bonds. The summed E-state index contributed by atoms with van der Waals surface area (Å²) in [6.45, 7) is 1.96. The Morgan fingerprint density at radius 3 is 2.68 bits per heavy atom. The Morgan fingerprint density at radius 1 is 1.21 bits per heavy atom. The van der Waals surface area contributed by atoms with E-state index in [0.717, 1.165) is 10.0 Å². The molecule has 10 heteroatoms. The normalized spacial score (nSPS) is 11.3. The third kappa shape index (κ3) is 5.00.